The Hall–Kier alpha value is -1.07. The molecule has 1 aromatic rings. The maximum Gasteiger partial charge on any atom is 0.415 e. The molecule has 0 saturated carbocycles. The monoisotopic (exact) mass is 298 g/mol. The third-order valence-electron chi connectivity index (χ3n) is 2.86. The highest BCUT2D eigenvalue weighted by molar-refractivity contribution is 9.10. The SMILES string of the molecule is CC1(CCN)CN(c2ccccc2Br)C(=O)O1. The number of ether oxygens (including phenoxy) is 1. The van der Waals surface area contributed by atoms with Crippen LogP contribution in [0.1, 0.15) is 13.3 Å². The molecule has 4 nitrogen and oxygen atoms in total. The molecule has 2 rings (SSSR count). The van der Waals surface area contributed by atoms with Gasteiger partial charge in [-0.3, -0.25) is 4.90 Å². The van der Waals surface area contributed by atoms with Crippen LogP contribution in [-0.4, -0.2) is 24.8 Å². The first kappa shape index (κ1) is 12.4. The normalized spacial score (nSPS) is 23.9. The molecule has 0 bridgehead atoms. The number of para-hydroxylation sites is 1. The van der Waals surface area contributed by atoms with Crippen molar-refractivity contribution in [3.05, 3.63) is 28.7 Å². The molecular formula is C12H15BrN2O2. The molecule has 5 heteroatoms. The van der Waals surface area contributed by atoms with Crippen molar-refractivity contribution in [2.24, 2.45) is 5.73 Å². The molecule has 1 unspecified atom stereocenters. The maximum atomic E-state index is 11.9. The molecule has 0 aromatic heterocycles. The number of hydrogen-bond acceptors (Lipinski definition) is 3. The minimum Gasteiger partial charge on any atom is -0.441 e. The molecule has 1 aliphatic heterocycles. The Balaban J connectivity index is 2.25. The molecule has 1 atom stereocenters. The van der Waals surface area contributed by atoms with Gasteiger partial charge in [-0.1, -0.05) is 12.1 Å². The largest absolute Gasteiger partial charge is 0.441 e. The van der Waals surface area contributed by atoms with Crippen molar-refractivity contribution in [1.29, 1.82) is 0 Å². The molecule has 1 aromatic carbocycles. The maximum absolute atomic E-state index is 11.9. The van der Waals surface area contributed by atoms with E-state index in [1.54, 1.807) is 4.90 Å². The average Bonchev–Trinajstić information content (AvgIpc) is 2.55. The van der Waals surface area contributed by atoms with E-state index in [9.17, 15) is 4.79 Å². The fourth-order valence-electron chi connectivity index (χ4n) is 1.99. The van der Waals surface area contributed by atoms with Gasteiger partial charge in [0.15, 0.2) is 0 Å². The Morgan fingerprint density at radius 2 is 2.24 bits per heavy atom. The number of benzene rings is 1. The summed E-state index contributed by atoms with van der Waals surface area (Å²) in [6.07, 6.45) is 0.354. The zero-order valence-corrected chi connectivity index (χ0v) is 11.2. The van der Waals surface area contributed by atoms with Gasteiger partial charge in [-0.15, -0.1) is 0 Å². The summed E-state index contributed by atoms with van der Waals surface area (Å²) in [4.78, 5) is 13.5. The quantitative estimate of drug-likeness (QED) is 0.933. The molecule has 1 heterocycles. The van der Waals surface area contributed by atoms with Gasteiger partial charge >= 0.3 is 6.09 Å². The second-order valence-corrected chi connectivity index (χ2v) is 5.25. The summed E-state index contributed by atoms with van der Waals surface area (Å²) < 4.78 is 6.28. The van der Waals surface area contributed by atoms with Gasteiger partial charge in [-0.25, -0.2) is 4.79 Å². The van der Waals surface area contributed by atoms with Crippen LogP contribution >= 0.6 is 15.9 Å². The third-order valence-corrected chi connectivity index (χ3v) is 3.53. The highest BCUT2D eigenvalue weighted by Gasteiger charge is 2.41. The predicted octanol–water partition coefficient (Wildman–Crippen LogP) is 2.51. The molecule has 0 aliphatic carbocycles. The fourth-order valence-corrected chi connectivity index (χ4v) is 2.49. The summed E-state index contributed by atoms with van der Waals surface area (Å²) in [7, 11) is 0. The second kappa shape index (κ2) is 4.66. The number of anilines is 1. The zero-order valence-electron chi connectivity index (χ0n) is 9.65. The van der Waals surface area contributed by atoms with Crippen LogP contribution in [0.5, 0.6) is 0 Å². The number of rotatable bonds is 3. The highest BCUT2D eigenvalue weighted by atomic mass is 79.9. The van der Waals surface area contributed by atoms with Gasteiger partial charge in [0, 0.05) is 10.9 Å². The fraction of sp³-hybridized carbons (Fsp3) is 0.417. The van der Waals surface area contributed by atoms with E-state index in [2.05, 4.69) is 15.9 Å². The summed E-state index contributed by atoms with van der Waals surface area (Å²) in [5.41, 5.74) is 5.88. The summed E-state index contributed by atoms with van der Waals surface area (Å²) >= 11 is 3.44. The molecule has 2 N–H and O–H groups in total. The van der Waals surface area contributed by atoms with Crippen molar-refractivity contribution >= 4 is 27.7 Å². The molecular weight excluding hydrogens is 284 g/mol. The number of halogens is 1. The first-order chi connectivity index (χ1) is 8.06. The average molecular weight is 299 g/mol. The van der Waals surface area contributed by atoms with E-state index in [-0.39, 0.29) is 6.09 Å². The minimum absolute atomic E-state index is 0.312. The van der Waals surface area contributed by atoms with Crippen LogP contribution in [0.15, 0.2) is 28.7 Å². The minimum atomic E-state index is -0.485. The van der Waals surface area contributed by atoms with Gasteiger partial charge in [-0.05, 0) is 41.5 Å². The third kappa shape index (κ3) is 2.45. The van der Waals surface area contributed by atoms with E-state index in [0.717, 1.165) is 10.2 Å². The van der Waals surface area contributed by atoms with E-state index >= 15 is 0 Å². The lowest BCUT2D eigenvalue weighted by Gasteiger charge is -2.20. The number of amides is 1. The van der Waals surface area contributed by atoms with Crippen LogP contribution < -0.4 is 10.6 Å². The lowest BCUT2D eigenvalue weighted by Crippen LogP contribution is -2.33. The van der Waals surface area contributed by atoms with Crippen molar-refractivity contribution in [2.45, 2.75) is 18.9 Å². The lowest BCUT2D eigenvalue weighted by atomic mass is 10.0. The van der Waals surface area contributed by atoms with E-state index in [4.69, 9.17) is 10.5 Å². The number of nitrogens with zero attached hydrogens (tertiary/aromatic N) is 1. The number of nitrogens with two attached hydrogens (primary N) is 1. The molecule has 1 fully saturated rings. The Morgan fingerprint density at radius 1 is 1.53 bits per heavy atom. The first-order valence-electron chi connectivity index (χ1n) is 5.51. The van der Waals surface area contributed by atoms with Gasteiger partial charge in [0.1, 0.15) is 5.60 Å². The van der Waals surface area contributed by atoms with Gasteiger partial charge in [0.2, 0.25) is 0 Å². The topological polar surface area (TPSA) is 55.6 Å². The van der Waals surface area contributed by atoms with Crippen LogP contribution in [0.3, 0.4) is 0 Å². The zero-order chi connectivity index (χ0) is 12.5. The molecule has 0 radical (unpaired) electrons. The number of hydrogen-bond donors (Lipinski definition) is 1. The van der Waals surface area contributed by atoms with Crippen LogP contribution in [0.4, 0.5) is 10.5 Å². The number of carbonyl (C=O) groups is 1. The Morgan fingerprint density at radius 3 is 2.88 bits per heavy atom. The first-order valence-corrected chi connectivity index (χ1v) is 6.30. The van der Waals surface area contributed by atoms with Crippen molar-refractivity contribution in [1.82, 2.24) is 0 Å². The second-order valence-electron chi connectivity index (χ2n) is 4.39. The van der Waals surface area contributed by atoms with Gasteiger partial charge in [0.25, 0.3) is 0 Å². The van der Waals surface area contributed by atoms with Crippen molar-refractivity contribution in [3.8, 4) is 0 Å². The van der Waals surface area contributed by atoms with Gasteiger partial charge < -0.3 is 10.5 Å². The smallest absolute Gasteiger partial charge is 0.415 e. The molecule has 1 saturated heterocycles. The Labute approximate surface area is 109 Å². The van der Waals surface area contributed by atoms with Crippen molar-refractivity contribution in [3.63, 3.8) is 0 Å². The Bertz CT molecular complexity index is 438. The predicted molar refractivity (Wildman–Crippen MR) is 70.0 cm³/mol. The van der Waals surface area contributed by atoms with Gasteiger partial charge in [0.05, 0.1) is 12.2 Å². The van der Waals surface area contributed by atoms with Crippen LogP contribution in [0.25, 0.3) is 0 Å². The Kier molecular flexibility index (Phi) is 3.40. The number of carbonyl (C=O) groups excluding carboxylic acids is 1. The summed E-state index contributed by atoms with van der Waals surface area (Å²) in [6, 6.07) is 7.60. The molecule has 1 amide bonds. The van der Waals surface area contributed by atoms with E-state index < -0.39 is 5.60 Å². The van der Waals surface area contributed by atoms with Gasteiger partial charge in [-0.2, -0.15) is 0 Å². The van der Waals surface area contributed by atoms with Crippen LogP contribution in [0.2, 0.25) is 0 Å². The summed E-state index contributed by atoms with van der Waals surface area (Å²) in [5.74, 6) is 0. The molecule has 92 valence electrons. The standard InChI is InChI=1S/C12H15BrN2O2/c1-12(6-7-14)8-15(11(16)17-12)10-5-3-2-4-9(10)13/h2-5H,6-8,14H2,1H3. The lowest BCUT2D eigenvalue weighted by molar-refractivity contribution is 0.0672. The van der Waals surface area contributed by atoms with Crippen LogP contribution in [-0.2, 0) is 4.74 Å². The van der Waals surface area contributed by atoms with E-state index in [1.165, 1.54) is 0 Å². The molecule has 17 heavy (non-hydrogen) atoms. The van der Waals surface area contributed by atoms with E-state index in [1.807, 2.05) is 31.2 Å². The summed E-state index contributed by atoms with van der Waals surface area (Å²) in [6.45, 7) is 2.95. The highest BCUT2D eigenvalue weighted by Crippen LogP contribution is 2.33. The number of cyclic esters (lactones) is 1. The van der Waals surface area contributed by atoms with Crippen LogP contribution in [0, 0.1) is 0 Å². The molecule has 0 spiro atoms. The van der Waals surface area contributed by atoms with E-state index in [0.29, 0.717) is 19.5 Å². The summed E-state index contributed by atoms with van der Waals surface area (Å²) in [5, 5.41) is 0. The molecule has 1 aliphatic rings. The van der Waals surface area contributed by atoms with Crippen molar-refractivity contribution < 1.29 is 9.53 Å². The van der Waals surface area contributed by atoms with Crippen molar-refractivity contribution in [2.75, 3.05) is 18.0 Å².